The van der Waals surface area contributed by atoms with Crippen LogP contribution in [0.1, 0.15) is 25.3 Å². The van der Waals surface area contributed by atoms with Crippen LogP contribution in [0.4, 0.5) is 4.39 Å². The lowest BCUT2D eigenvalue weighted by Crippen LogP contribution is -2.17. The summed E-state index contributed by atoms with van der Waals surface area (Å²) in [6, 6.07) is 5.14. The topological polar surface area (TPSA) is 30.5 Å². The van der Waals surface area contributed by atoms with Crippen molar-refractivity contribution < 1.29 is 13.9 Å². The Kier molecular flexibility index (Phi) is 4.96. The fourth-order valence-electron chi connectivity index (χ4n) is 1.94. The molecule has 1 aromatic carbocycles. The van der Waals surface area contributed by atoms with E-state index in [0.717, 1.165) is 24.9 Å². The van der Waals surface area contributed by atoms with Crippen molar-refractivity contribution >= 4 is 0 Å². The van der Waals surface area contributed by atoms with Crippen molar-refractivity contribution in [2.75, 3.05) is 19.8 Å². The van der Waals surface area contributed by atoms with Gasteiger partial charge in [0, 0.05) is 13.0 Å². The van der Waals surface area contributed by atoms with Gasteiger partial charge < -0.3 is 14.8 Å². The molecule has 100 valence electrons. The first-order chi connectivity index (χ1) is 8.79. The molecule has 0 spiro atoms. The molecule has 1 N–H and O–H groups in total. The number of hydrogen-bond acceptors (Lipinski definition) is 3. The summed E-state index contributed by atoms with van der Waals surface area (Å²) >= 11 is 0. The van der Waals surface area contributed by atoms with Crippen LogP contribution in [-0.4, -0.2) is 25.9 Å². The van der Waals surface area contributed by atoms with Crippen LogP contribution < -0.4 is 10.1 Å². The normalized spacial score (nSPS) is 19.1. The summed E-state index contributed by atoms with van der Waals surface area (Å²) in [6.45, 7) is 5.00. The Hall–Kier alpha value is -1.13. The Morgan fingerprint density at radius 3 is 3.06 bits per heavy atom. The number of benzene rings is 1. The first-order valence-corrected chi connectivity index (χ1v) is 6.53. The molecule has 1 aromatic rings. The second-order valence-electron chi connectivity index (χ2n) is 4.55. The van der Waals surface area contributed by atoms with Crippen molar-refractivity contribution in [2.45, 2.75) is 32.4 Å². The van der Waals surface area contributed by atoms with E-state index in [-0.39, 0.29) is 11.9 Å². The van der Waals surface area contributed by atoms with Crippen LogP contribution in [0.25, 0.3) is 0 Å². The van der Waals surface area contributed by atoms with Crippen LogP contribution in [0.5, 0.6) is 5.75 Å². The molecule has 0 aliphatic carbocycles. The first-order valence-electron chi connectivity index (χ1n) is 6.53. The zero-order chi connectivity index (χ0) is 12.8. The highest BCUT2D eigenvalue weighted by molar-refractivity contribution is 5.29. The van der Waals surface area contributed by atoms with Gasteiger partial charge in [-0.15, -0.1) is 0 Å². The van der Waals surface area contributed by atoms with Gasteiger partial charge in [0.2, 0.25) is 0 Å². The maximum atomic E-state index is 13.8. The van der Waals surface area contributed by atoms with E-state index in [2.05, 4.69) is 12.2 Å². The van der Waals surface area contributed by atoms with Crippen molar-refractivity contribution in [3.63, 3.8) is 0 Å². The van der Waals surface area contributed by atoms with Gasteiger partial charge in [0.1, 0.15) is 6.10 Å². The van der Waals surface area contributed by atoms with Crippen molar-refractivity contribution in [2.24, 2.45) is 0 Å². The van der Waals surface area contributed by atoms with Crippen LogP contribution in [0.15, 0.2) is 18.2 Å². The summed E-state index contributed by atoms with van der Waals surface area (Å²) < 4.78 is 24.6. The fraction of sp³-hybridized carbons (Fsp3) is 0.571. The van der Waals surface area contributed by atoms with Gasteiger partial charge in [-0.3, -0.25) is 0 Å². The summed E-state index contributed by atoms with van der Waals surface area (Å²) in [4.78, 5) is 0. The number of ether oxygens (including phenoxy) is 2. The summed E-state index contributed by atoms with van der Waals surface area (Å²) in [5.41, 5.74) is 0.941. The standard InChI is InChI=1S/C14H20FNO2/c1-2-6-16-9-11-3-4-14(13(15)8-11)18-12-5-7-17-10-12/h3-4,8,12,16H,2,5-7,9-10H2,1H3. The monoisotopic (exact) mass is 253 g/mol. The molecule has 1 saturated heterocycles. The van der Waals surface area contributed by atoms with Crippen LogP contribution in [0, 0.1) is 5.82 Å². The summed E-state index contributed by atoms with van der Waals surface area (Å²) in [7, 11) is 0. The number of rotatable bonds is 6. The minimum absolute atomic E-state index is 0.0106. The quantitative estimate of drug-likeness (QED) is 0.790. The van der Waals surface area contributed by atoms with E-state index in [4.69, 9.17) is 9.47 Å². The van der Waals surface area contributed by atoms with E-state index < -0.39 is 0 Å². The third-order valence-corrected chi connectivity index (χ3v) is 2.93. The van der Waals surface area contributed by atoms with Crippen molar-refractivity contribution in [1.82, 2.24) is 5.32 Å². The van der Waals surface area contributed by atoms with Crippen molar-refractivity contribution in [3.8, 4) is 5.75 Å². The zero-order valence-corrected chi connectivity index (χ0v) is 10.7. The van der Waals surface area contributed by atoms with Gasteiger partial charge in [0.05, 0.1) is 13.2 Å². The summed E-state index contributed by atoms with van der Waals surface area (Å²) in [5.74, 6) is 0.0300. The van der Waals surface area contributed by atoms with Gasteiger partial charge in [-0.1, -0.05) is 13.0 Å². The maximum Gasteiger partial charge on any atom is 0.165 e. The Labute approximate surface area is 107 Å². The van der Waals surface area contributed by atoms with Gasteiger partial charge >= 0.3 is 0 Å². The van der Waals surface area contributed by atoms with Crippen LogP contribution >= 0.6 is 0 Å². The van der Waals surface area contributed by atoms with E-state index >= 15 is 0 Å². The maximum absolute atomic E-state index is 13.8. The van der Waals surface area contributed by atoms with E-state index in [0.29, 0.717) is 25.5 Å². The van der Waals surface area contributed by atoms with Gasteiger partial charge in [0.25, 0.3) is 0 Å². The Balaban J connectivity index is 1.91. The minimum Gasteiger partial charge on any atom is -0.485 e. The van der Waals surface area contributed by atoms with Crippen LogP contribution in [0.3, 0.4) is 0 Å². The molecule has 2 rings (SSSR count). The van der Waals surface area contributed by atoms with Crippen molar-refractivity contribution in [3.05, 3.63) is 29.6 Å². The molecule has 0 bridgehead atoms. The van der Waals surface area contributed by atoms with Gasteiger partial charge in [-0.05, 0) is 30.7 Å². The first kappa shape index (κ1) is 13.3. The Morgan fingerprint density at radius 2 is 2.39 bits per heavy atom. The summed E-state index contributed by atoms with van der Waals surface area (Å²) in [6.07, 6.45) is 1.90. The second kappa shape index (κ2) is 6.71. The van der Waals surface area contributed by atoms with Crippen LogP contribution in [-0.2, 0) is 11.3 Å². The molecule has 1 unspecified atom stereocenters. The Bertz CT molecular complexity index is 378. The third kappa shape index (κ3) is 3.68. The molecule has 0 radical (unpaired) electrons. The van der Waals surface area contributed by atoms with E-state index in [9.17, 15) is 4.39 Å². The Morgan fingerprint density at radius 1 is 1.50 bits per heavy atom. The molecular weight excluding hydrogens is 233 g/mol. The minimum atomic E-state index is -0.294. The molecule has 1 fully saturated rings. The van der Waals surface area contributed by atoms with Crippen LogP contribution in [0.2, 0.25) is 0 Å². The van der Waals surface area contributed by atoms with Gasteiger partial charge in [-0.2, -0.15) is 0 Å². The molecule has 18 heavy (non-hydrogen) atoms. The number of halogens is 1. The molecule has 4 heteroatoms. The lowest BCUT2D eigenvalue weighted by Gasteiger charge is -2.13. The molecule has 0 saturated carbocycles. The average molecular weight is 253 g/mol. The van der Waals surface area contributed by atoms with Gasteiger partial charge in [-0.25, -0.2) is 4.39 Å². The molecule has 1 atom stereocenters. The number of hydrogen-bond donors (Lipinski definition) is 1. The predicted octanol–water partition coefficient (Wildman–Crippen LogP) is 2.49. The highest BCUT2D eigenvalue weighted by atomic mass is 19.1. The predicted molar refractivity (Wildman–Crippen MR) is 68.2 cm³/mol. The van der Waals surface area contributed by atoms with Gasteiger partial charge in [0.15, 0.2) is 11.6 Å². The highest BCUT2D eigenvalue weighted by Crippen LogP contribution is 2.22. The lowest BCUT2D eigenvalue weighted by atomic mass is 10.2. The second-order valence-corrected chi connectivity index (χ2v) is 4.55. The molecule has 3 nitrogen and oxygen atoms in total. The molecule has 0 amide bonds. The van der Waals surface area contributed by atoms with E-state index in [1.807, 2.05) is 6.07 Å². The highest BCUT2D eigenvalue weighted by Gasteiger charge is 2.18. The zero-order valence-electron chi connectivity index (χ0n) is 10.7. The smallest absolute Gasteiger partial charge is 0.165 e. The average Bonchev–Trinajstić information content (AvgIpc) is 2.86. The fourth-order valence-corrected chi connectivity index (χ4v) is 1.94. The molecule has 1 heterocycles. The molecular formula is C14H20FNO2. The van der Waals surface area contributed by atoms with E-state index in [1.165, 1.54) is 6.07 Å². The number of nitrogens with one attached hydrogen (secondary N) is 1. The molecule has 1 aliphatic rings. The third-order valence-electron chi connectivity index (χ3n) is 2.93. The lowest BCUT2D eigenvalue weighted by molar-refractivity contribution is 0.138. The van der Waals surface area contributed by atoms with Crippen molar-refractivity contribution in [1.29, 1.82) is 0 Å². The van der Waals surface area contributed by atoms with E-state index in [1.54, 1.807) is 6.07 Å². The largest absolute Gasteiger partial charge is 0.485 e. The SMILES string of the molecule is CCCNCc1ccc(OC2CCOC2)c(F)c1. The molecule has 1 aliphatic heterocycles. The summed E-state index contributed by atoms with van der Waals surface area (Å²) in [5, 5.41) is 3.24. The molecule has 0 aromatic heterocycles.